The Labute approximate surface area is 200 Å². The van der Waals surface area contributed by atoms with Gasteiger partial charge in [0.05, 0.1) is 24.3 Å². The van der Waals surface area contributed by atoms with E-state index < -0.39 is 5.69 Å². The van der Waals surface area contributed by atoms with Crippen LogP contribution in [0.3, 0.4) is 0 Å². The molecular formula is C26H25N3O4S. The number of thiophene rings is 1. The summed E-state index contributed by atoms with van der Waals surface area (Å²) in [5, 5.41) is 1.78. The first-order chi connectivity index (χ1) is 16.3. The lowest BCUT2D eigenvalue weighted by Gasteiger charge is -2.30. The van der Waals surface area contributed by atoms with Crippen LogP contribution in [0.4, 0.5) is 5.69 Å². The molecule has 0 spiro atoms. The molecule has 1 amide bonds. The van der Waals surface area contributed by atoms with Gasteiger partial charge in [0, 0.05) is 0 Å². The number of benzene rings is 2. The molecule has 0 aliphatic carbocycles. The maximum absolute atomic E-state index is 13.5. The second-order valence-electron chi connectivity index (χ2n) is 8.68. The highest BCUT2D eigenvalue weighted by Gasteiger charge is 2.25. The van der Waals surface area contributed by atoms with Gasteiger partial charge in [0.1, 0.15) is 23.6 Å². The van der Waals surface area contributed by atoms with E-state index >= 15 is 0 Å². The minimum Gasteiger partial charge on any atom is -0.490 e. The van der Waals surface area contributed by atoms with Crippen molar-refractivity contribution >= 4 is 33.1 Å². The molecule has 3 heterocycles. The van der Waals surface area contributed by atoms with Crippen molar-refractivity contribution in [3.8, 4) is 5.75 Å². The van der Waals surface area contributed by atoms with Gasteiger partial charge in [-0.15, -0.1) is 11.3 Å². The normalized spacial score (nSPS) is 13.1. The Morgan fingerprint density at radius 1 is 1.00 bits per heavy atom. The second kappa shape index (κ2) is 8.61. The zero-order valence-corrected chi connectivity index (χ0v) is 20.1. The van der Waals surface area contributed by atoms with Crippen LogP contribution in [0.15, 0.2) is 57.4 Å². The molecule has 0 atom stereocenters. The second-order valence-corrected chi connectivity index (χ2v) is 9.59. The highest BCUT2D eigenvalue weighted by Crippen LogP contribution is 2.32. The van der Waals surface area contributed by atoms with E-state index in [1.54, 1.807) is 16.3 Å². The highest BCUT2D eigenvalue weighted by atomic mass is 32.1. The van der Waals surface area contributed by atoms with E-state index in [0.717, 1.165) is 22.3 Å². The number of ether oxygens (including phenoxy) is 1. The fraction of sp³-hybridized carbons (Fsp3) is 0.269. The monoisotopic (exact) mass is 475 g/mol. The average Bonchev–Trinajstić information content (AvgIpc) is 3.31. The Morgan fingerprint density at radius 3 is 2.62 bits per heavy atom. The van der Waals surface area contributed by atoms with E-state index in [9.17, 15) is 14.4 Å². The van der Waals surface area contributed by atoms with Crippen molar-refractivity contribution in [3.63, 3.8) is 0 Å². The lowest BCUT2D eigenvalue weighted by molar-refractivity contribution is -0.119. The predicted octanol–water partition coefficient (Wildman–Crippen LogP) is 3.62. The van der Waals surface area contributed by atoms with Crippen molar-refractivity contribution in [2.45, 2.75) is 33.9 Å². The number of aryl methyl sites for hydroxylation is 3. The van der Waals surface area contributed by atoms with Crippen molar-refractivity contribution in [2.24, 2.45) is 0 Å². The molecule has 34 heavy (non-hydrogen) atoms. The number of aromatic nitrogens is 2. The molecule has 1 aliphatic heterocycles. The van der Waals surface area contributed by atoms with Gasteiger partial charge in [-0.1, -0.05) is 24.3 Å². The molecule has 0 bridgehead atoms. The van der Waals surface area contributed by atoms with E-state index in [1.807, 2.05) is 57.2 Å². The van der Waals surface area contributed by atoms with Crippen molar-refractivity contribution in [1.82, 2.24) is 9.13 Å². The van der Waals surface area contributed by atoms with Crippen LogP contribution >= 0.6 is 11.3 Å². The quantitative estimate of drug-likeness (QED) is 0.452. The van der Waals surface area contributed by atoms with Crippen molar-refractivity contribution in [1.29, 1.82) is 0 Å². The standard InChI is InChI=1S/C26H25N3O4S/c1-16-4-7-22-21(12-16)27(9-10-33-22)23(30)15-28-20-8-11-34-24(20)25(31)29(26(28)32)14-19-6-5-17(2)18(3)13-19/h4-8,11-13H,9-10,14-15H2,1-3H3. The van der Waals surface area contributed by atoms with Crippen LogP contribution in [-0.4, -0.2) is 28.2 Å². The molecule has 1 aliphatic rings. The first-order valence-corrected chi connectivity index (χ1v) is 12.0. The molecule has 0 radical (unpaired) electrons. The fourth-order valence-electron chi connectivity index (χ4n) is 4.32. The predicted molar refractivity (Wildman–Crippen MR) is 134 cm³/mol. The molecule has 2 aromatic carbocycles. The van der Waals surface area contributed by atoms with E-state index in [-0.39, 0.29) is 24.6 Å². The third-order valence-corrected chi connectivity index (χ3v) is 7.21. The summed E-state index contributed by atoms with van der Waals surface area (Å²) in [5.41, 5.74) is 4.50. The fourth-order valence-corrected chi connectivity index (χ4v) is 5.16. The number of fused-ring (bicyclic) bond motifs is 2. The maximum atomic E-state index is 13.5. The first-order valence-electron chi connectivity index (χ1n) is 11.1. The van der Waals surface area contributed by atoms with Gasteiger partial charge in [0.25, 0.3) is 5.56 Å². The van der Waals surface area contributed by atoms with Gasteiger partial charge in [0.15, 0.2) is 0 Å². The first kappa shape index (κ1) is 22.2. The van der Waals surface area contributed by atoms with Crippen LogP contribution in [0.25, 0.3) is 10.2 Å². The number of hydrogen-bond donors (Lipinski definition) is 0. The van der Waals surface area contributed by atoms with E-state index in [0.29, 0.717) is 34.8 Å². The van der Waals surface area contributed by atoms with Gasteiger partial charge in [-0.3, -0.25) is 18.7 Å². The van der Waals surface area contributed by atoms with Crippen molar-refractivity contribution < 1.29 is 9.53 Å². The van der Waals surface area contributed by atoms with Gasteiger partial charge in [-0.2, -0.15) is 0 Å². The molecule has 8 heteroatoms. The molecule has 174 valence electrons. The molecule has 0 fully saturated rings. The summed E-state index contributed by atoms with van der Waals surface area (Å²) in [4.78, 5) is 41.8. The molecule has 2 aromatic heterocycles. The highest BCUT2D eigenvalue weighted by molar-refractivity contribution is 7.17. The number of hydrogen-bond acceptors (Lipinski definition) is 5. The number of anilines is 1. The van der Waals surface area contributed by atoms with Crippen LogP contribution in [0, 0.1) is 20.8 Å². The molecule has 0 saturated carbocycles. The maximum Gasteiger partial charge on any atom is 0.332 e. The summed E-state index contributed by atoms with van der Waals surface area (Å²) in [6, 6.07) is 13.3. The van der Waals surface area contributed by atoms with Crippen molar-refractivity contribution in [2.75, 3.05) is 18.1 Å². The summed E-state index contributed by atoms with van der Waals surface area (Å²) in [6.07, 6.45) is 0. The van der Waals surface area contributed by atoms with E-state index in [1.165, 1.54) is 20.5 Å². The van der Waals surface area contributed by atoms with Gasteiger partial charge in [-0.05, 0) is 66.6 Å². The molecule has 7 nitrogen and oxygen atoms in total. The van der Waals surface area contributed by atoms with Crippen LogP contribution in [0.1, 0.15) is 22.3 Å². The molecule has 0 saturated heterocycles. The third-order valence-electron chi connectivity index (χ3n) is 6.32. The average molecular weight is 476 g/mol. The summed E-state index contributed by atoms with van der Waals surface area (Å²) < 4.78 is 8.82. The summed E-state index contributed by atoms with van der Waals surface area (Å²) in [6.45, 7) is 6.76. The van der Waals surface area contributed by atoms with Gasteiger partial charge < -0.3 is 9.64 Å². The summed E-state index contributed by atoms with van der Waals surface area (Å²) in [5.74, 6) is 0.430. The summed E-state index contributed by atoms with van der Waals surface area (Å²) in [7, 11) is 0. The Morgan fingerprint density at radius 2 is 1.82 bits per heavy atom. The number of carbonyl (C=O) groups excluding carboxylic acids is 1. The molecule has 0 unspecified atom stereocenters. The summed E-state index contributed by atoms with van der Waals surface area (Å²) >= 11 is 1.28. The Bertz CT molecular complexity index is 1550. The Balaban J connectivity index is 1.56. The lowest BCUT2D eigenvalue weighted by Crippen LogP contribution is -2.45. The van der Waals surface area contributed by atoms with Crippen LogP contribution in [-0.2, 0) is 17.9 Å². The number of amides is 1. The molecular weight excluding hydrogens is 450 g/mol. The number of rotatable bonds is 4. The zero-order chi connectivity index (χ0) is 24.0. The number of carbonyl (C=O) groups is 1. The van der Waals surface area contributed by atoms with Crippen LogP contribution in [0.2, 0.25) is 0 Å². The molecule has 5 rings (SSSR count). The topological polar surface area (TPSA) is 73.5 Å². The lowest BCUT2D eigenvalue weighted by atomic mass is 10.1. The molecule has 4 aromatic rings. The van der Waals surface area contributed by atoms with Gasteiger partial charge >= 0.3 is 5.69 Å². The minimum atomic E-state index is -0.486. The van der Waals surface area contributed by atoms with Gasteiger partial charge in [0.2, 0.25) is 5.91 Å². The largest absolute Gasteiger partial charge is 0.490 e. The van der Waals surface area contributed by atoms with Crippen LogP contribution in [0.5, 0.6) is 5.75 Å². The zero-order valence-electron chi connectivity index (χ0n) is 19.3. The minimum absolute atomic E-state index is 0.153. The van der Waals surface area contributed by atoms with E-state index in [2.05, 4.69) is 0 Å². The van der Waals surface area contributed by atoms with Gasteiger partial charge in [-0.25, -0.2) is 4.79 Å². The molecule has 0 N–H and O–H groups in total. The van der Waals surface area contributed by atoms with Crippen LogP contribution < -0.4 is 20.9 Å². The smallest absolute Gasteiger partial charge is 0.332 e. The van der Waals surface area contributed by atoms with E-state index in [4.69, 9.17) is 4.74 Å². The third kappa shape index (κ3) is 3.84. The van der Waals surface area contributed by atoms with Crippen molar-refractivity contribution in [3.05, 3.63) is 90.9 Å². The SMILES string of the molecule is Cc1ccc2c(c1)N(C(=O)Cn1c(=O)n(Cc3ccc(C)c(C)c3)c(=O)c3sccc31)CCO2. The Kier molecular flexibility index (Phi) is 5.61. The Hall–Kier alpha value is -3.65. The number of nitrogens with zero attached hydrogens (tertiary/aromatic N) is 3.